The van der Waals surface area contributed by atoms with Gasteiger partial charge in [-0.05, 0) is 17.7 Å². The van der Waals surface area contributed by atoms with Crippen molar-refractivity contribution < 1.29 is 4.79 Å². The second kappa shape index (κ2) is 5.55. The van der Waals surface area contributed by atoms with Gasteiger partial charge in [0.05, 0.1) is 10.7 Å². The highest BCUT2D eigenvalue weighted by Crippen LogP contribution is 2.44. The molecule has 0 amide bonds. The van der Waals surface area contributed by atoms with Gasteiger partial charge < -0.3 is 4.90 Å². The number of carbonyl (C=O) groups excluding carboxylic acids is 1. The molecule has 1 aliphatic heterocycles. The monoisotopic (exact) mass is 281 g/mol. The summed E-state index contributed by atoms with van der Waals surface area (Å²) < 4.78 is 0. The van der Waals surface area contributed by atoms with E-state index in [1.807, 2.05) is 49.5 Å². The summed E-state index contributed by atoms with van der Waals surface area (Å²) in [6, 6.07) is 18.0. The smallest absolute Gasteiger partial charge is 0.162 e. The quantitative estimate of drug-likeness (QED) is 0.796. The molecule has 0 bridgehead atoms. The fourth-order valence-electron chi connectivity index (χ4n) is 2.23. The van der Waals surface area contributed by atoms with Crippen LogP contribution in [-0.2, 0) is 11.2 Å². The summed E-state index contributed by atoms with van der Waals surface area (Å²) in [5, 5.41) is 0.993. The Morgan fingerprint density at radius 2 is 1.80 bits per heavy atom. The van der Waals surface area contributed by atoms with Gasteiger partial charge in [0.15, 0.2) is 5.78 Å². The number of rotatable bonds is 3. The molecule has 0 spiro atoms. The molecule has 0 fully saturated rings. The molecule has 2 aromatic carbocycles. The maximum absolute atomic E-state index is 12.1. The van der Waals surface area contributed by atoms with Crippen LogP contribution >= 0.6 is 11.8 Å². The summed E-state index contributed by atoms with van der Waals surface area (Å²) in [4.78, 5) is 15.4. The van der Waals surface area contributed by atoms with Gasteiger partial charge in [-0.15, -0.1) is 0 Å². The minimum atomic E-state index is 0.137. The van der Waals surface area contributed by atoms with E-state index in [1.54, 1.807) is 17.8 Å². The SMILES string of the molecule is CN1/C(=C/C(=O)Cc2ccccc2)Sc2ccccc21. The van der Waals surface area contributed by atoms with Gasteiger partial charge in [0.1, 0.15) is 0 Å². The molecule has 0 aliphatic carbocycles. The Bertz CT molecular complexity index is 664. The van der Waals surface area contributed by atoms with Crippen molar-refractivity contribution in [1.82, 2.24) is 0 Å². The Labute approximate surface area is 123 Å². The zero-order valence-corrected chi connectivity index (χ0v) is 12.1. The first-order chi connectivity index (χ1) is 9.74. The first-order valence-electron chi connectivity index (χ1n) is 6.53. The lowest BCUT2D eigenvalue weighted by Gasteiger charge is -2.12. The van der Waals surface area contributed by atoms with Crippen molar-refractivity contribution >= 4 is 23.2 Å². The molecule has 2 aromatic rings. The number of carbonyl (C=O) groups is 1. The van der Waals surface area contributed by atoms with Crippen LogP contribution < -0.4 is 4.90 Å². The zero-order valence-electron chi connectivity index (χ0n) is 11.2. The van der Waals surface area contributed by atoms with E-state index in [0.29, 0.717) is 6.42 Å². The first kappa shape index (κ1) is 13.0. The van der Waals surface area contributed by atoms with Gasteiger partial charge in [0, 0.05) is 24.4 Å². The topological polar surface area (TPSA) is 20.3 Å². The second-order valence-corrected chi connectivity index (χ2v) is 5.80. The highest BCUT2D eigenvalue weighted by Gasteiger charge is 2.21. The number of thioether (sulfide) groups is 1. The van der Waals surface area contributed by atoms with Crippen molar-refractivity contribution in [3.05, 3.63) is 71.3 Å². The Morgan fingerprint density at radius 1 is 1.10 bits per heavy atom. The lowest BCUT2D eigenvalue weighted by molar-refractivity contribution is -0.114. The molecule has 2 nitrogen and oxygen atoms in total. The van der Waals surface area contributed by atoms with E-state index in [0.717, 1.165) is 16.3 Å². The highest BCUT2D eigenvalue weighted by molar-refractivity contribution is 8.03. The molecule has 1 heterocycles. The van der Waals surface area contributed by atoms with E-state index in [4.69, 9.17) is 0 Å². The third-order valence-corrected chi connectivity index (χ3v) is 4.44. The van der Waals surface area contributed by atoms with Crippen LogP contribution in [0.2, 0.25) is 0 Å². The Balaban J connectivity index is 1.76. The predicted octanol–water partition coefficient (Wildman–Crippen LogP) is 3.88. The number of ketones is 1. The maximum atomic E-state index is 12.1. The van der Waals surface area contributed by atoms with E-state index < -0.39 is 0 Å². The Kier molecular flexibility index (Phi) is 3.61. The number of nitrogens with zero attached hydrogens (tertiary/aromatic N) is 1. The number of fused-ring (bicyclic) bond motifs is 1. The summed E-state index contributed by atoms with van der Waals surface area (Å²) in [7, 11) is 2.00. The fraction of sp³-hybridized carbons (Fsp3) is 0.118. The Hall–Kier alpha value is -2.00. The van der Waals surface area contributed by atoms with Crippen LogP contribution in [0.25, 0.3) is 0 Å². The first-order valence-corrected chi connectivity index (χ1v) is 7.35. The van der Waals surface area contributed by atoms with Crippen LogP contribution in [0.4, 0.5) is 5.69 Å². The second-order valence-electron chi connectivity index (χ2n) is 4.74. The molecule has 0 atom stereocenters. The molecule has 20 heavy (non-hydrogen) atoms. The Morgan fingerprint density at radius 3 is 2.55 bits per heavy atom. The largest absolute Gasteiger partial charge is 0.338 e. The normalized spacial score (nSPS) is 15.4. The van der Waals surface area contributed by atoms with Gasteiger partial charge >= 0.3 is 0 Å². The molecule has 0 unspecified atom stereocenters. The molecule has 3 rings (SSSR count). The van der Waals surface area contributed by atoms with Gasteiger partial charge in [-0.1, -0.05) is 54.2 Å². The zero-order chi connectivity index (χ0) is 13.9. The average molecular weight is 281 g/mol. The van der Waals surface area contributed by atoms with Gasteiger partial charge in [-0.3, -0.25) is 4.79 Å². The van der Waals surface area contributed by atoms with Crippen LogP contribution in [0.1, 0.15) is 5.56 Å². The third kappa shape index (κ3) is 2.63. The van der Waals surface area contributed by atoms with E-state index >= 15 is 0 Å². The van der Waals surface area contributed by atoms with Crippen LogP contribution in [0.3, 0.4) is 0 Å². The van der Waals surface area contributed by atoms with E-state index in [2.05, 4.69) is 17.0 Å². The van der Waals surface area contributed by atoms with Crippen LogP contribution in [-0.4, -0.2) is 12.8 Å². The summed E-state index contributed by atoms with van der Waals surface area (Å²) in [6.07, 6.45) is 2.20. The minimum absolute atomic E-state index is 0.137. The van der Waals surface area contributed by atoms with Gasteiger partial charge in [-0.2, -0.15) is 0 Å². The number of hydrogen-bond acceptors (Lipinski definition) is 3. The van der Waals surface area contributed by atoms with Gasteiger partial charge in [-0.25, -0.2) is 0 Å². The molecule has 0 radical (unpaired) electrons. The predicted molar refractivity (Wildman–Crippen MR) is 83.9 cm³/mol. The highest BCUT2D eigenvalue weighted by atomic mass is 32.2. The lowest BCUT2D eigenvalue weighted by Crippen LogP contribution is -2.11. The molecule has 0 saturated heterocycles. The van der Waals surface area contributed by atoms with E-state index in [-0.39, 0.29) is 5.78 Å². The summed E-state index contributed by atoms with van der Waals surface area (Å²) in [5.41, 5.74) is 2.22. The fourth-order valence-corrected chi connectivity index (χ4v) is 3.34. The van der Waals surface area contributed by atoms with Crippen molar-refractivity contribution in [3.8, 4) is 0 Å². The van der Waals surface area contributed by atoms with Crippen molar-refractivity contribution in [3.63, 3.8) is 0 Å². The van der Waals surface area contributed by atoms with Crippen molar-refractivity contribution in [1.29, 1.82) is 0 Å². The molecule has 0 aromatic heterocycles. The summed E-state index contributed by atoms with van der Waals surface area (Å²) in [5.74, 6) is 0.137. The molecular weight excluding hydrogens is 266 g/mol. The molecule has 1 aliphatic rings. The number of para-hydroxylation sites is 1. The van der Waals surface area contributed by atoms with Gasteiger partial charge in [0.2, 0.25) is 0 Å². The van der Waals surface area contributed by atoms with Crippen LogP contribution in [0, 0.1) is 0 Å². The van der Waals surface area contributed by atoms with Crippen LogP contribution in [0.5, 0.6) is 0 Å². The summed E-state index contributed by atoms with van der Waals surface area (Å²) in [6.45, 7) is 0. The van der Waals surface area contributed by atoms with Crippen molar-refractivity contribution in [2.75, 3.05) is 11.9 Å². The maximum Gasteiger partial charge on any atom is 0.162 e. The number of benzene rings is 2. The lowest BCUT2D eigenvalue weighted by atomic mass is 10.1. The van der Waals surface area contributed by atoms with E-state index in [9.17, 15) is 4.79 Å². The minimum Gasteiger partial charge on any atom is -0.338 e. The average Bonchev–Trinajstić information content (AvgIpc) is 2.77. The molecule has 100 valence electrons. The molecule has 0 N–H and O–H groups in total. The molecular formula is C17H15NOS. The van der Waals surface area contributed by atoms with Crippen molar-refractivity contribution in [2.45, 2.75) is 11.3 Å². The molecule has 0 saturated carbocycles. The van der Waals surface area contributed by atoms with Crippen LogP contribution in [0.15, 0.2) is 70.6 Å². The van der Waals surface area contributed by atoms with E-state index in [1.165, 1.54) is 4.90 Å². The number of anilines is 1. The number of allylic oxidation sites excluding steroid dienone is 1. The van der Waals surface area contributed by atoms with Gasteiger partial charge in [0.25, 0.3) is 0 Å². The third-order valence-electron chi connectivity index (χ3n) is 3.28. The number of hydrogen-bond donors (Lipinski definition) is 0. The molecule has 3 heteroatoms. The van der Waals surface area contributed by atoms with Crippen molar-refractivity contribution in [2.24, 2.45) is 0 Å². The summed E-state index contributed by atoms with van der Waals surface area (Å²) >= 11 is 1.65. The standard InChI is InChI=1S/C17H15NOS/c1-18-15-9-5-6-10-16(15)20-17(18)12-14(19)11-13-7-3-2-4-8-13/h2-10,12H,11H2,1H3/b17-12-.